The summed E-state index contributed by atoms with van der Waals surface area (Å²) in [5, 5.41) is 1.19. The molecule has 100 valence electrons. The van der Waals surface area contributed by atoms with Crippen LogP contribution in [0.25, 0.3) is 0 Å². The van der Waals surface area contributed by atoms with Crippen molar-refractivity contribution in [3.05, 3.63) is 45.7 Å². The number of likely N-dealkylation sites (tertiary alicyclic amines) is 1. The number of aromatic nitrogens is 2. The topological polar surface area (TPSA) is 29.0 Å². The van der Waals surface area contributed by atoms with Crippen molar-refractivity contribution >= 4 is 11.3 Å². The van der Waals surface area contributed by atoms with E-state index in [1.54, 1.807) is 0 Å². The molecule has 3 heterocycles. The molecule has 0 bridgehead atoms. The Morgan fingerprint density at radius 2 is 2.26 bits per heavy atom. The van der Waals surface area contributed by atoms with Gasteiger partial charge in [0.2, 0.25) is 0 Å². The number of hydrogen-bond donors (Lipinski definition) is 0. The van der Waals surface area contributed by atoms with Gasteiger partial charge in [0.15, 0.2) is 0 Å². The molecule has 0 unspecified atom stereocenters. The summed E-state index contributed by atoms with van der Waals surface area (Å²) in [7, 11) is 0. The molecule has 0 saturated carbocycles. The molecule has 0 aromatic carbocycles. The van der Waals surface area contributed by atoms with Gasteiger partial charge < -0.3 is 0 Å². The zero-order chi connectivity index (χ0) is 13.2. The maximum Gasteiger partial charge on any atom is 0.0900 e. The molecule has 0 N–H and O–H groups in total. The molecule has 0 atom stereocenters. The summed E-state index contributed by atoms with van der Waals surface area (Å²) >= 11 is 1.85. The van der Waals surface area contributed by atoms with Crippen LogP contribution >= 0.6 is 11.3 Å². The molecule has 1 aliphatic heterocycles. The molecule has 3 rings (SSSR count). The van der Waals surface area contributed by atoms with Gasteiger partial charge in [-0.1, -0.05) is 13.0 Å². The Morgan fingerprint density at radius 3 is 2.95 bits per heavy atom. The van der Waals surface area contributed by atoms with E-state index in [0.717, 1.165) is 26.1 Å². The van der Waals surface area contributed by atoms with E-state index >= 15 is 0 Å². The highest BCUT2D eigenvalue weighted by atomic mass is 32.1. The lowest BCUT2D eigenvalue weighted by Gasteiger charge is -2.39. The van der Waals surface area contributed by atoms with Crippen LogP contribution in [0.4, 0.5) is 0 Å². The standard InChI is InChI=1S/C15H19N3S/c1-3-14-15(19-11(2)17-14)10-18-8-13(9-18)12-5-4-6-16-7-12/h4-7,13H,3,8-10H2,1-2H3. The van der Waals surface area contributed by atoms with Gasteiger partial charge in [-0.25, -0.2) is 4.98 Å². The molecular weight excluding hydrogens is 254 g/mol. The number of thiazole rings is 1. The van der Waals surface area contributed by atoms with Gasteiger partial charge >= 0.3 is 0 Å². The second-order valence-corrected chi connectivity index (χ2v) is 6.42. The highest BCUT2D eigenvalue weighted by Crippen LogP contribution is 2.30. The van der Waals surface area contributed by atoms with Gasteiger partial charge in [0.25, 0.3) is 0 Å². The zero-order valence-electron chi connectivity index (χ0n) is 11.5. The molecule has 0 radical (unpaired) electrons. The fourth-order valence-electron chi connectivity index (χ4n) is 2.64. The Kier molecular flexibility index (Phi) is 3.62. The molecule has 0 aliphatic carbocycles. The van der Waals surface area contributed by atoms with Crippen molar-refractivity contribution in [3.63, 3.8) is 0 Å². The maximum atomic E-state index is 4.60. The molecule has 0 spiro atoms. The number of nitrogens with zero attached hydrogens (tertiary/aromatic N) is 3. The van der Waals surface area contributed by atoms with Gasteiger partial charge in [-0.3, -0.25) is 9.88 Å². The van der Waals surface area contributed by atoms with E-state index in [2.05, 4.69) is 34.8 Å². The van der Waals surface area contributed by atoms with Crippen molar-refractivity contribution in [3.8, 4) is 0 Å². The smallest absolute Gasteiger partial charge is 0.0900 e. The Bertz CT molecular complexity index is 544. The van der Waals surface area contributed by atoms with E-state index in [0.29, 0.717) is 5.92 Å². The van der Waals surface area contributed by atoms with Crippen LogP contribution in [-0.4, -0.2) is 28.0 Å². The van der Waals surface area contributed by atoms with Gasteiger partial charge in [0, 0.05) is 42.8 Å². The summed E-state index contributed by atoms with van der Waals surface area (Å²) in [4.78, 5) is 12.8. The SMILES string of the molecule is CCc1nc(C)sc1CN1CC(c2cccnc2)C1. The monoisotopic (exact) mass is 273 g/mol. The van der Waals surface area contributed by atoms with Gasteiger partial charge in [-0.2, -0.15) is 0 Å². The van der Waals surface area contributed by atoms with Crippen LogP contribution < -0.4 is 0 Å². The summed E-state index contributed by atoms with van der Waals surface area (Å²) in [6, 6.07) is 4.21. The first kappa shape index (κ1) is 12.8. The molecule has 1 fully saturated rings. The van der Waals surface area contributed by atoms with Crippen LogP contribution in [-0.2, 0) is 13.0 Å². The van der Waals surface area contributed by atoms with Crippen molar-refractivity contribution < 1.29 is 0 Å². The molecule has 2 aromatic rings. The van der Waals surface area contributed by atoms with Crippen LogP contribution in [0.2, 0.25) is 0 Å². The molecule has 19 heavy (non-hydrogen) atoms. The van der Waals surface area contributed by atoms with Crippen LogP contribution in [0.1, 0.15) is 34.0 Å². The Balaban J connectivity index is 1.59. The fourth-order valence-corrected chi connectivity index (χ4v) is 3.71. The minimum Gasteiger partial charge on any atom is -0.297 e. The highest BCUT2D eigenvalue weighted by molar-refractivity contribution is 7.11. The van der Waals surface area contributed by atoms with Gasteiger partial charge in [0.05, 0.1) is 10.7 Å². The largest absolute Gasteiger partial charge is 0.297 e. The van der Waals surface area contributed by atoms with Crippen molar-refractivity contribution in [1.29, 1.82) is 0 Å². The average Bonchev–Trinajstić information content (AvgIpc) is 2.74. The van der Waals surface area contributed by atoms with E-state index in [1.807, 2.05) is 29.8 Å². The lowest BCUT2D eigenvalue weighted by molar-refractivity contribution is 0.140. The second kappa shape index (κ2) is 5.39. The predicted octanol–water partition coefficient (Wildman–Crippen LogP) is 3.01. The molecular formula is C15H19N3S. The lowest BCUT2D eigenvalue weighted by Crippen LogP contribution is -2.44. The number of hydrogen-bond acceptors (Lipinski definition) is 4. The highest BCUT2D eigenvalue weighted by Gasteiger charge is 2.28. The quantitative estimate of drug-likeness (QED) is 0.857. The van der Waals surface area contributed by atoms with Crippen LogP contribution in [0.5, 0.6) is 0 Å². The molecule has 0 amide bonds. The fraction of sp³-hybridized carbons (Fsp3) is 0.467. The number of rotatable bonds is 4. The van der Waals surface area contributed by atoms with Crippen LogP contribution in [0, 0.1) is 6.92 Å². The van der Waals surface area contributed by atoms with E-state index in [9.17, 15) is 0 Å². The third-order valence-electron chi connectivity index (χ3n) is 3.70. The van der Waals surface area contributed by atoms with E-state index in [4.69, 9.17) is 0 Å². The van der Waals surface area contributed by atoms with Crippen LogP contribution in [0.3, 0.4) is 0 Å². The van der Waals surface area contributed by atoms with Crippen molar-refractivity contribution in [2.24, 2.45) is 0 Å². The Hall–Kier alpha value is -1.26. The van der Waals surface area contributed by atoms with E-state index < -0.39 is 0 Å². The normalized spacial score (nSPS) is 16.5. The van der Waals surface area contributed by atoms with Crippen molar-refractivity contribution in [2.75, 3.05) is 13.1 Å². The number of pyridine rings is 1. The first-order valence-corrected chi connectivity index (χ1v) is 7.65. The summed E-state index contributed by atoms with van der Waals surface area (Å²) in [5.41, 5.74) is 2.65. The van der Waals surface area contributed by atoms with Crippen LogP contribution in [0.15, 0.2) is 24.5 Å². The van der Waals surface area contributed by atoms with E-state index in [-0.39, 0.29) is 0 Å². The molecule has 1 aliphatic rings. The third-order valence-corrected chi connectivity index (χ3v) is 4.70. The first-order chi connectivity index (χ1) is 9.26. The van der Waals surface area contributed by atoms with Crippen molar-refractivity contribution in [1.82, 2.24) is 14.9 Å². The molecule has 3 nitrogen and oxygen atoms in total. The summed E-state index contributed by atoms with van der Waals surface area (Å²) < 4.78 is 0. The van der Waals surface area contributed by atoms with Crippen molar-refractivity contribution in [2.45, 2.75) is 32.7 Å². The zero-order valence-corrected chi connectivity index (χ0v) is 12.3. The minimum absolute atomic E-state index is 0.660. The average molecular weight is 273 g/mol. The second-order valence-electron chi connectivity index (χ2n) is 5.13. The molecule has 1 saturated heterocycles. The first-order valence-electron chi connectivity index (χ1n) is 6.83. The predicted molar refractivity (Wildman–Crippen MR) is 78.5 cm³/mol. The molecule has 2 aromatic heterocycles. The van der Waals surface area contributed by atoms with Gasteiger partial charge in [0.1, 0.15) is 0 Å². The minimum atomic E-state index is 0.660. The molecule has 4 heteroatoms. The van der Waals surface area contributed by atoms with E-state index in [1.165, 1.54) is 21.1 Å². The summed E-state index contributed by atoms with van der Waals surface area (Å²) in [6.45, 7) is 7.64. The van der Waals surface area contributed by atoms with Gasteiger partial charge in [-0.15, -0.1) is 11.3 Å². The van der Waals surface area contributed by atoms with Gasteiger partial charge in [-0.05, 0) is 25.0 Å². The number of aryl methyl sites for hydroxylation is 2. The summed E-state index contributed by atoms with van der Waals surface area (Å²) in [6.07, 6.45) is 4.88. The third kappa shape index (κ3) is 2.69. The lowest BCUT2D eigenvalue weighted by atomic mass is 9.93. The Labute approximate surface area is 118 Å². The Morgan fingerprint density at radius 1 is 1.42 bits per heavy atom. The summed E-state index contributed by atoms with van der Waals surface area (Å²) in [5.74, 6) is 0.660. The maximum absolute atomic E-state index is 4.60.